The summed E-state index contributed by atoms with van der Waals surface area (Å²) in [6.07, 6.45) is 0. The van der Waals surface area contributed by atoms with Crippen molar-refractivity contribution in [2.75, 3.05) is 12.4 Å². The zero-order valence-electron chi connectivity index (χ0n) is 15.2. The quantitative estimate of drug-likeness (QED) is 0.631. The second kappa shape index (κ2) is 8.27. The average Bonchev–Trinajstić information content (AvgIpc) is 2.69. The minimum atomic E-state index is -0.345. The van der Waals surface area contributed by atoms with E-state index in [1.807, 2.05) is 43.3 Å². The second-order valence-electron chi connectivity index (χ2n) is 6.11. The molecule has 0 aromatic heterocycles. The van der Waals surface area contributed by atoms with Gasteiger partial charge in [0.2, 0.25) is 0 Å². The first kappa shape index (κ1) is 18.3. The number of ether oxygens (including phenoxy) is 2. The molecular weight excluding hydrogens is 342 g/mol. The second-order valence-corrected chi connectivity index (χ2v) is 6.11. The first-order valence-corrected chi connectivity index (χ1v) is 8.52. The van der Waals surface area contributed by atoms with Gasteiger partial charge < -0.3 is 19.9 Å². The average molecular weight is 363 g/mol. The van der Waals surface area contributed by atoms with E-state index in [2.05, 4.69) is 5.32 Å². The number of nitrogens with one attached hydrogen (secondary N) is 1. The Morgan fingerprint density at radius 1 is 1.00 bits per heavy atom. The maximum atomic E-state index is 12.5. The lowest BCUT2D eigenvalue weighted by molar-refractivity contribution is 0.102. The maximum Gasteiger partial charge on any atom is 0.255 e. The lowest BCUT2D eigenvalue weighted by Gasteiger charge is -2.13. The fourth-order valence-corrected chi connectivity index (χ4v) is 2.61. The molecule has 27 heavy (non-hydrogen) atoms. The van der Waals surface area contributed by atoms with Crippen molar-refractivity contribution in [3.8, 4) is 17.2 Å². The van der Waals surface area contributed by atoms with Gasteiger partial charge in [0.15, 0.2) is 11.5 Å². The van der Waals surface area contributed by atoms with Gasteiger partial charge in [-0.05, 0) is 48.4 Å². The first-order valence-electron chi connectivity index (χ1n) is 8.52. The summed E-state index contributed by atoms with van der Waals surface area (Å²) in [5, 5.41) is 12.6. The van der Waals surface area contributed by atoms with Crippen LogP contribution in [0.5, 0.6) is 17.2 Å². The molecule has 0 unspecified atom stereocenters. The minimum absolute atomic E-state index is 0.0260. The number of hydrogen-bond acceptors (Lipinski definition) is 4. The molecule has 3 rings (SSSR count). The molecule has 0 atom stereocenters. The first-order chi connectivity index (χ1) is 13.1. The summed E-state index contributed by atoms with van der Waals surface area (Å²) in [6.45, 7) is 2.27. The fraction of sp³-hybridized carbons (Fsp3) is 0.136. The van der Waals surface area contributed by atoms with Gasteiger partial charge in [-0.15, -0.1) is 0 Å². The Kier molecular flexibility index (Phi) is 5.61. The summed E-state index contributed by atoms with van der Waals surface area (Å²) in [7, 11) is 1.53. The summed E-state index contributed by atoms with van der Waals surface area (Å²) < 4.78 is 11.2. The molecule has 0 aliphatic heterocycles. The Hall–Kier alpha value is -3.47. The van der Waals surface area contributed by atoms with Gasteiger partial charge in [0, 0.05) is 5.56 Å². The topological polar surface area (TPSA) is 67.8 Å². The van der Waals surface area contributed by atoms with E-state index in [-0.39, 0.29) is 11.7 Å². The molecule has 138 valence electrons. The summed E-state index contributed by atoms with van der Waals surface area (Å²) >= 11 is 0. The molecule has 0 radical (unpaired) electrons. The normalized spacial score (nSPS) is 10.3. The third-order valence-corrected chi connectivity index (χ3v) is 4.06. The minimum Gasteiger partial charge on any atom is -0.506 e. The van der Waals surface area contributed by atoms with E-state index in [0.29, 0.717) is 29.4 Å². The molecule has 0 spiro atoms. The van der Waals surface area contributed by atoms with Gasteiger partial charge >= 0.3 is 0 Å². The lowest BCUT2D eigenvalue weighted by Crippen LogP contribution is -2.12. The van der Waals surface area contributed by atoms with Crippen LogP contribution in [0.4, 0.5) is 5.69 Å². The molecule has 0 aliphatic rings. The van der Waals surface area contributed by atoms with Crippen LogP contribution in [-0.2, 0) is 6.61 Å². The van der Waals surface area contributed by atoms with Gasteiger partial charge in [-0.1, -0.05) is 36.4 Å². The smallest absolute Gasteiger partial charge is 0.255 e. The number of hydrogen-bond donors (Lipinski definition) is 2. The summed E-state index contributed by atoms with van der Waals surface area (Å²) in [6, 6.07) is 19.8. The van der Waals surface area contributed by atoms with E-state index in [0.717, 1.165) is 11.1 Å². The summed E-state index contributed by atoms with van der Waals surface area (Å²) in [4.78, 5) is 12.5. The molecule has 0 heterocycles. The highest BCUT2D eigenvalue weighted by Gasteiger charge is 2.13. The molecule has 5 nitrogen and oxygen atoms in total. The van der Waals surface area contributed by atoms with E-state index >= 15 is 0 Å². The van der Waals surface area contributed by atoms with Gasteiger partial charge in [-0.25, -0.2) is 0 Å². The van der Waals surface area contributed by atoms with Gasteiger partial charge in [-0.3, -0.25) is 4.79 Å². The third kappa shape index (κ3) is 4.58. The van der Waals surface area contributed by atoms with E-state index in [4.69, 9.17) is 9.47 Å². The van der Waals surface area contributed by atoms with E-state index in [9.17, 15) is 9.90 Å². The van der Waals surface area contributed by atoms with Crippen LogP contribution in [0.1, 0.15) is 21.5 Å². The molecule has 3 aromatic rings. The Morgan fingerprint density at radius 3 is 2.48 bits per heavy atom. The molecule has 3 aromatic carbocycles. The monoisotopic (exact) mass is 363 g/mol. The number of aromatic hydroxyl groups is 1. The molecule has 0 saturated carbocycles. The van der Waals surface area contributed by atoms with Crippen molar-refractivity contribution in [2.45, 2.75) is 13.5 Å². The molecule has 0 saturated heterocycles. The van der Waals surface area contributed by atoms with Crippen molar-refractivity contribution in [3.05, 3.63) is 83.4 Å². The highest BCUT2D eigenvalue weighted by molar-refractivity contribution is 6.05. The van der Waals surface area contributed by atoms with Crippen LogP contribution in [0.25, 0.3) is 0 Å². The summed E-state index contributed by atoms with van der Waals surface area (Å²) in [5.74, 6) is 0.697. The Balaban J connectivity index is 1.73. The number of methoxy groups -OCH3 is 1. The Labute approximate surface area is 158 Å². The van der Waals surface area contributed by atoms with Crippen LogP contribution < -0.4 is 14.8 Å². The largest absolute Gasteiger partial charge is 0.506 e. The number of benzene rings is 3. The van der Waals surface area contributed by atoms with Gasteiger partial charge in [0.05, 0.1) is 12.8 Å². The van der Waals surface area contributed by atoms with Crippen molar-refractivity contribution in [1.82, 2.24) is 0 Å². The number of phenolic OH excluding ortho intramolecular Hbond substituents is 1. The van der Waals surface area contributed by atoms with E-state index < -0.39 is 0 Å². The lowest BCUT2D eigenvalue weighted by atomic mass is 10.1. The zero-order chi connectivity index (χ0) is 19.2. The van der Waals surface area contributed by atoms with Gasteiger partial charge in [-0.2, -0.15) is 0 Å². The fourth-order valence-electron chi connectivity index (χ4n) is 2.61. The number of amides is 1. The van der Waals surface area contributed by atoms with E-state index in [1.165, 1.54) is 7.11 Å². The molecule has 0 aliphatic carbocycles. The van der Waals surface area contributed by atoms with Crippen molar-refractivity contribution in [1.29, 1.82) is 0 Å². The zero-order valence-corrected chi connectivity index (χ0v) is 15.2. The number of anilines is 1. The Morgan fingerprint density at radius 2 is 1.78 bits per heavy atom. The number of rotatable bonds is 6. The highest BCUT2D eigenvalue weighted by Crippen LogP contribution is 2.30. The van der Waals surface area contributed by atoms with Gasteiger partial charge in [0.1, 0.15) is 12.4 Å². The van der Waals surface area contributed by atoms with Gasteiger partial charge in [0.25, 0.3) is 5.91 Å². The molecular formula is C22H21NO4. The predicted octanol–water partition coefficient (Wildman–Crippen LogP) is 4.54. The number of carbonyl (C=O) groups is 1. The van der Waals surface area contributed by atoms with Crippen LogP contribution in [0.3, 0.4) is 0 Å². The van der Waals surface area contributed by atoms with Crippen LogP contribution >= 0.6 is 0 Å². The third-order valence-electron chi connectivity index (χ3n) is 4.06. The maximum absolute atomic E-state index is 12.5. The van der Waals surface area contributed by atoms with Crippen LogP contribution in [-0.4, -0.2) is 18.1 Å². The van der Waals surface area contributed by atoms with Crippen LogP contribution in [0, 0.1) is 6.92 Å². The van der Waals surface area contributed by atoms with Crippen molar-refractivity contribution in [2.24, 2.45) is 0 Å². The SMILES string of the molecule is COc1cc(C(=O)Nc2ccc(C)cc2O)ccc1OCc1ccccc1. The van der Waals surface area contributed by atoms with Crippen molar-refractivity contribution < 1.29 is 19.4 Å². The Bertz CT molecular complexity index is 938. The molecule has 2 N–H and O–H groups in total. The molecule has 5 heteroatoms. The molecule has 0 fully saturated rings. The number of aryl methyl sites for hydroxylation is 1. The van der Waals surface area contributed by atoms with Crippen molar-refractivity contribution >= 4 is 11.6 Å². The van der Waals surface area contributed by atoms with Crippen LogP contribution in [0.15, 0.2) is 66.7 Å². The van der Waals surface area contributed by atoms with E-state index in [1.54, 1.807) is 30.3 Å². The number of phenols is 1. The number of carbonyl (C=O) groups excluding carboxylic acids is 1. The highest BCUT2D eigenvalue weighted by atomic mass is 16.5. The van der Waals surface area contributed by atoms with Crippen LogP contribution in [0.2, 0.25) is 0 Å². The molecule has 0 bridgehead atoms. The standard InChI is InChI=1S/C22H21NO4/c1-15-8-10-18(19(24)12-15)23-22(25)17-9-11-20(21(13-17)26-2)27-14-16-6-4-3-5-7-16/h3-13,24H,14H2,1-2H3,(H,23,25). The molecule has 1 amide bonds. The predicted molar refractivity (Wildman–Crippen MR) is 105 cm³/mol. The van der Waals surface area contributed by atoms with Crippen molar-refractivity contribution in [3.63, 3.8) is 0 Å². The summed E-state index contributed by atoms with van der Waals surface area (Å²) in [5.41, 5.74) is 2.70.